The molecule has 108 valence electrons. The van der Waals surface area contributed by atoms with Crippen LogP contribution in [0.5, 0.6) is 0 Å². The summed E-state index contributed by atoms with van der Waals surface area (Å²) in [5.74, 6) is 0.333. The number of nitrogens with zero attached hydrogens (tertiary/aromatic N) is 2. The number of piperidine rings is 1. The highest BCUT2D eigenvalue weighted by Crippen LogP contribution is 2.16. The second-order valence-corrected chi connectivity index (χ2v) is 5.53. The highest BCUT2D eigenvalue weighted by atomic mass is 16.4. The maximum atomic E-state index is 11.9. The highest BCUT2D eigenvalue weighted by molar-refractivity contribution is 5.72. The zero-order valence-corrected chi connectivity index (χ0v) is 11.6. The van der Waals surface area contributed by atoms with Crippen LogP contribution in [-0.2, 0) is 6.54 Å². The van der Waals surface area contributed by atoms with E-state index in [1.807, 2.05) is 24.3 Å². The van der Waals surface area contributed by atoms with Gasteiger partial charge in [-0.15, -0.1) is 0 Å². The molecule has 2 N–H and O–H groups in total. The van der Waals surface area contributed by atoms with Crippen LogP contribution < -0.4 is 11.5 Å². The monoisotopic (exact) mass is 275 g/mol. The third-order valence-corrected chi connectivity index (χ3v) is 4.15. The Hall–Kier alpha value is -1.59. The Morgan fingerprint density at radius 3 is 3.00 bits per heavy atom. The molecule has 1 fully saturated rings. The molecule has 1 unspecified atom stereocenters. The van der Waals surface area contributed by atoms with E-state index in [4.69, 9.17) is 10.2 Å². The predicted octanol–water partition coefficient (Wildman–Crippen LogP) is 1.27. The van der Waals surface area contributed by atoms with Crippen molar-refractivity contribution in [3.05, 3.63) is 34.8 Å². The third kappa shape index (κ3) is 2.64. The van der Waals surface area contributed by atoms with Crippen molar-refractivity contribution < 1.29 is 4.42 Å². The van der Waals surface area contributed by atoms with E-state index in [2.05, 4.69) is 4.90 Å². The largest absolute Gasteiger partial charge is 0.419 e. The molecule has 0 bridgehead atoms. The van der Waals surface area contributed by atoms with Crippen LogP contribution in [0.2, 0.25) is 0 Å². The minimum atomic E-state index is -0.265. The molecule has 5 heteroatoms. The molecule has 1 aliphatic rings. The van der Waals surface area contributed by atoms with Gasteiger partial charge in [-0.2, -0.15) is 0 Å². The van der Waals surface area contributed by atoms with Crippen molar-refractivity contribution in [3.63, 3.8) is 0 Å². The first-order valence-electron chi connectivity index (χ1n) is 7.28. The molecule has 0 spiro atoms. The van der Waals surface area contributed by atoms with Gasteiger partial charge in [-0.1, -0.05) is 12.1 Å². The Morgan fingerprint density at radius 1 is 1.30 bits per heavy atom. The van der Waals surface area contributed by atoms with Crippen LogP contribution in [0.1, 0.15) is 12.8 Å². The molecule has 1 aromatic carbocycles. The van der Waals surface area contributed by atoms with E-state index in [9.17, 15) is 4.79 Å². The number of para-hydroxylation sites is 2. The van der Waals surface area contributed by atoms with Crippen LogP contribution >= 0.6 is 0 Å². The van der Waals surface area contributed by atoms with Gasteiger partial charge in [0.2, 0.25) is 0 Å². The topological polar surface area (TPSA) is 64.4 Å². The number of nitrogens with two attached hydrogens (primary N) is 1. The van der Waals surface area contributed by atoms with Gasteiger partial charge in [-0.05, 0) is 44.0 Å². The average Bonchev–Trinajstić information content (AvgIpc) is 2.81. The minimum absolute atomic E-state index is 0.265. The summed E-state index contributed by atoms with van der Waals surface area (Å²) in [4.78, 5) is 14.3. The fraction of sp³-hybridized carbons (Fsp3) is 0.533. The molecule has 0 saturated carbocycles. The molecule has 0 aliphatic carbocycles. The normalized spacial score (nSPS) is 20.6. The van der Waals surface area contributed by atoms with Gasteiger partial charge in [0.25, 0.3) is 0 Å². The molecule has 5 nitrogen and oxygen atoms in total. The third-order valence-electron chi connectivity index (χ3n) is 4.15. The van der Waals surface area contributed by atoms with Gasteiger partial charge in [0.15, 0.2) is 5.58 Å². The summed E-state index contributed by atoms with van der Waals surface area (Å²) in [6.45, 7) is 4.44. The smallest absolute Gasteiger partial charge is 0.408 e. The van der Waals surface area contributed by atoms with E-state index in [1.54, 1.807) is 4.57 Å². The standard InChI is InChI=1S/C15H21N3O2/c16-10-12-4-3-7-17(11-12)8-9-18-13-5-1-2-6-14(13)20-15(18)19/h1-2,5-6,12H,3-4,7-11,16H2. The number of rotatable bonds is 4. The quantitative estimate of drug-likeness (QED) is 0.912. The zero-order valence-electron chi connectivity index (χ0n) is 11.6. The first-order valence-corrected chi connectivity index (χ1v) is 7.28. The van der Waals surface area contributed by atoms with Gasteiger partial charge in [0.05, 0.1) is 5.52 Å². The van der Waals surface area contributed by atoms with E-state index in [-0.39, 0.29) is 5.76 Å². The molecule has 1 aliphatic heterocycles. The van der Waals surface area contributed by atoms with Crippen LogP contribution in [0.25, 0.3) is 11.1 Å². The Labute approximate surface area is 118 Å². The van der Waals surface area contributed by atoms with E-state index < -0.39 is 0 Å². The fourth-order valence-electron chi connectivity index (χ4n) is 3.01. The molecule has 0 amide bonds. The van der Waals surface area contributed by atoms with Crippen molar-refractivity contribution in [2.24, 2.45) is 11.7 Å². The molecule has 1 aromatic heterocycles. The van der Waals surface area contributed by atoms with Crippen LogP contribution in [0, 0.1) is 5.92 Å². The number of fused-ring (bicyclic) bond motifs is 1. The maximum Gasteiger partial charge on any atom is 0.419 e. The number of aromatic nitrogens is 1. The molecule has 3 rings (SSSR count). The molecule has 1 saturated heterocycles. The van der Waals surface area contributed by atoms with Crippen LogP contribution in [0.15, 0.2) is 33.5 Å². The molecule has 20 heavy (non-hydrogen) atoms. The van der Waals surface area contributed by atoms with Crippen LogP contribution in [-0.4, -0.2) is 35.6 Å². The van der Waals surface area contributed by atoms with E-state index in [0.717, 1.165) is 31.7 Å². The van der Waals surface area contributed by atoms with Crippen molar-refractivity contribution in [2.45, 2.75) is 19.4 Å². The van der Waals surface area contributed by atoms with Crippen LogP contribution in [0.4, 0.5) is 0 Å². The first kappa shape index (κ1) is 13.4. The Balaban J connectivity index is 1.71. The second-order valence-electron chi connectivity index (χ2n) is 5.53. The zero-order chi connectivity index (χ0) is 13.9. The molecule has 2 heterocycles. The SMILES string of the molecule is NCC1CCCN(CCn2c(=O)oc3ccccc32)C1. The van der Waals surface area contributed by atoms with Gasteiger partial charge in [0, 0.05) is 19.6 Å². The van der Waals surface area contributed by atoms with Gasteiger partial charge in [0.1, 0.15) is 0 Å². The van der Waals surface area contributed by atoms with Crippen molar-refractivity contribution in [1.82, 2.24) is 9.47 Å². The van der Waals surface area contributed by atoms with Crippen molar-refractivity contribution in [3.8, 4) is 0 Å². The summed E-state index contributed by atoms with van der Waals surface area (Å²) in [5, 5.41) is 0. The number of hydrogen-bond donors (Lipinski definition) is 1. The Bertz CT molecular complexity index is 631. The van der Waals surface area contributed by atoms with E-state index >= 15 is 0 Å². The van der Waals surface area contributed by atoms with Crippen molar-refractivity contribution in [1.29, 1.82) is 0 Å². The summed E-state index contributed by atoms with van der Waals surface area (Å²) in [7, 11) is 0. The number of oxazole rings is 1. The molecular formula is C15H21N3O2. The summed E-state index contributed by atoms with van der Waals surface area (Å²) in [6.07, 6.45) is 2.42. The van der Waals surface area contributed by atoms with Crippen molar-refractivity contribution in [2.75, 3.05) is 26.2 Å². The number of benzene rings is 1. The average molecular weight is 275 g/mol. The van der Waals surface area contributed by atoms with Crippen molar-refractivity contribution >= 4 is 11.1 Å². The minimum Gasteiger partial charge on any atom is -0.408 e. The Kier molecular flexibility index (Phi) is 3.89. The van der Waals surface area contributed by atoms with Gasteiger partial charge >= 0.3 is 5.76 Å². The lowest BCUT2D eigenvalue weighted by atomic mass is 9.98. The number of likely N-dealkylation sites (tertiary alicyclic amines) is 1. The van der Waals surface area contributed by atoms with E-state index in [1.165, 1.54) is 12.8 Å². The lowest BCUT2D eigenvalue weighted by molar-refractivity contribution is 0.172. The maximum absolute atomic E-state index is 11.9. The molecule has 2 aromatic rings. The van der Waals surface area contributed by atoms with Gasteiger partial charge < -0.3 is 15.1 Å². The first-order chi connectivity index (χ1) is 9.78. The second kappa shape index (κ2) is 5.81. The summed E-state index contributed by atoms with van der Waals surface area (Å²) in [5.41, 5.74) is 7.30. The molecule has 1 atom stereocenters. The van der Waals surface area contributed by atoms with Gasteiger partial charge in [-0.3, -0.25) is 4.57 Å². The van der Waals surface area contributed by atoms with Crippen LogP contribution in [0.3, 0.4) is 0 Å². The predicted molar refractivity (Wildman–Crippen MR) is 78.7 cm³/mol. The molecule has 0 radical (unpaired) electrons. The van der Waals surface area contributed by atoms with E-state index in [0.29, 0.717) is 18.0 Å². The lowest BCUT2D eigenvalue weighted by Gasteiger charge is -2.31. The Morgan fingerprint density at radius 2 is 2.15 bits per heavy atom. The highest BCUT2D eigenvalue weighted by Gasteiger charge is 2.19. The summed E-state index contributed by atoms with van der Waals surface area (Å²) < 4.78 is 6.97. The lowest BCUT2D eigenvalue weighted by Crippen LogP contribution is -2.40. The fourth-order valence-corrected chi connectivity index (χ4v) is 3.01. The number of hydrogen-bond acceptors (Lipinski definition) is 4. The molecular weight excluding hydrogens is 254 g/mol. The summed E-state index contributed by atoms with van der Waals surface area (Å²) in [6, 6.07) is 7.57. The summed E-state index contributed by atoms with van der Waals surface area (Å²) >= 11 is 0. The van der Waals surface area contributed by atoms with Gasteiger partial charge in [-0.25, -0.2) is 4.79 Å².